The lowest BCUT2D eigenvalue weighted by atomic mass is 10.0. The predicted octanol–water partition coefficient (Wildman–Crippen LogP) is 4.63. The maximum Gasteiger partial charge on any atom is 0.252 e. The van der Waals surface area contributed by atoms with Crippen molar-refractivity contribution in [2.45, 2.75) is 38.4 Å². The number of amides is 1. The molecule has 2 heterocycles. The average Bonchev–Trinajstić information content (AvgIpc) is 3.43. The molecule has 1 aliphatic heterocycles. The Balaban J connectivity index is 0.00000120. The molecule has 0 spiro atoms. The second-order valence-electron chi connectivity index (χ2n) is 7.42. The van der Waals surface area contributed by atoms with E-state index < -0.39 is 0 Å². The fourth-order valence-corrected chi connectivity index (χ4v) is 3.73. The van der Waals surface area contributed by atoms with Crippen LogP contribution in [0.25, 0.3) is 10.9 Å². The second-order valence-corrected chi connectivity index (χ2v) is 7.42. The zero-order valence-electron chi connectivity index (χ0n) is 15.7. The summed E-state index contributed by atoms with van der Waals surface area (Å²) >= 11 is 0. The van der Waals surface area contributed by atoms with E-state index >= 15 is 0 Å². The van der Waals surface area contributed by atoms with Crippen molar-refractivity contribution in [3.8, 4) is 0 Å². The summed E-state index contributed by atoms with van der Waals surface area (Å²) in [6.07, 6.45) is 2.20. The Kier molecular flexibility index (Phi) is 6.42. The monoisotopic (exact) mass is 433 g/mol. The molecule has 2 aromatic carbocycles. The molecule has 3 aromatic rings. The molecule has 0 saturated heterocycles. The molecule has 1 aliphatic carbocycles. The standard InChI is InChI=1S/C22H20FN3O.2ClH/c23-17-5-6-20-18(8-17)19(9-21(26-20)14-3-4-14)22(27)25-10-13-1-2-15-11-24-12-16(15)7-13;;/h1-2,5-9,14,24H,3-4,10-12H2,(H,25,27);2*1H. The van der Waals surface area contributed by atoms with E-state index in [4.69, 9.17) is 0 Å². The summed E-state index contributed by atoms with van der Waals surface area (Å²) in [5, 5.41) is 6.88. The van der Waals surface area contributed by atoms with E-state index in [1.807, 2.05) is 12.1 Å². The van der Waals surface area contributed by atoms with Gasteiger partial charge in [0.25, 0.3) is 5.91 Å². The van der Waals surface area contributed by atoms with Gasteiger partial charge in [-0.25, -0.2) is 4.39 Å². The first-order valence-electron chi connectivity index (χ1n) is 9.37. The molecule has 5 rings (SSSR count). The van der Waals surface area contributed by atoms with Gasteiger partial charge < -0.3 is 10.6 Å². The minimum absolute atomic E-state index is 0. The molecular formula is C22H22Cl2FN3O. The maximum atomic E-state index is 13.8. The largest absolute Gasteiger partial charge is 0.348 e. The first kappa shape index (κ1) is 21.5. The van der Waals surface area contributed by atoms with Gasteiger partial charge in [-0.3, -0.25) is 9.78 Å². The van der Waals surface area contributed by atoms with Gasteiger partial charge in [-0.05, 0) is 53.8 Å². The van der Waals surface area contributed by atoms with Crippen LogP contribution in [0.4, 0.5) is 4.39 Å². The third-order valence-corrected chi connectivity index (χ3v) is 5.39. The molecule has 1 aromatic heterocycles. The molecule has 4 nitrogen and oxygen atoms in total. The molecule has 0 radical (unpaired) electrons. The van der Waals surface area contributed by atoms with Gasteiger partial charge in [-0.1, -0.05) is 18.2 Å². The van der Waals surface area contributed by atoms with Crippen molar-refractivity contribution < 1.29 is 9.18 Å². The SMILES string of the molecule is Cl.Cl.O=C(NCc1ccc2c(c1)CNC2)c1cc(C2CC2)nc2ccc(F)cc12. The summed E-state index contributed by atoms with van der Waals surface area (Å²) in [5.41, 5.74) is 5.78. The number of pyridine rings is 1. The van der Waals surface area contributed by atoms with Crippen LogP contribution in [0.15, 0.2) is 42.5 Å². The Morgan fingerprint density at radius 3 is 2.66 bits per heavy atom. The molecule has 0 bridgehead atoms. The number of hydrogen-bond donors (Lipinski definition) is 2. The molecule has 1 saturated carbocycles. The molecule has 2 N–H and O–H groups in total. The van der Waals surface area contributed by atoms with E-state index in [0.717, 1.165) is 37.2 Å². The van der Waals surface area contributed by atoms with Crippen LogP contribution >= 0.6 is 24.8 Å². The average molecular weight is 434 g/mol. The number of hydrogen-bond acceptors (Lipinski definition) is 3. The normalized spacial score (nSPS) is 14.7. The van der Waals surface area contributed by atoms with Gasteiger partial charge in [0, 0.05) is 36.6 Å². The van der Waals surface area contributed by atoms with Gasteiger partial charge in [0.2, 0.25) is 0 Å². The van der Waals surface area contributed by atoms with Gasteiger partial charge in [-0.2, -0.15) is 0 Å². The number of halogens is 3. The number of nitrogens with one attached hydrogen (secondary N) is 2. The zero-order chi connectivity index (χ0) is 18.4. The number of rotatable bonds is 4. The molecule has 152 valence electrons. The quantitative estimate of drug-likeness (QED) is 0.630. The molecule has 1 amide bonds. The summed E-state index contributed by atoms with van der Waals surface area (Å²) in [6, 6.07) is 12.6. The molecule has 0 atom stereocenters. The number of carbonyl (C=O) groups is 1. The van der Waals surface area contributed by atoms with Gasteiger partial charge in [0.1, 0.15) is 5.82 Å². The lowest BCUT2D eigenvalue weighted by Crippen LogP contribution is -2.23. The zero-order valence-corrected chi connectivity index (χ0v) is 17.3. The summed E-state index contributed by atoms with van der Waals surface area (Å²) < 4.78 is 13.8. The van der Waals surface area contributed by atoms with Crippen LogP contribution < -0.4 is 10.6 Å². The Labute approximate surface area is 181 Å². The van der Waals surface area contributed by atoms with Crippen molar-refractivity contribution in [3.05, 3.63) is 76.2 Å². The van der Waals surface area contributed by atoms with E-state index in [1.54, 1.807) is 6.07 Å². The summed E-state index contributed by atoms with van der Waals surface area (Å²) in [7, 11) is 0. The fraction of sp³-hybridized carbons (Fsp3) is 0.273. The third-order valence-electron chi connectivity index (χ3n) is 5.39. The van der Waals surface area contributed by atoms with E-state index in [0.29, 0.717) is 28.9 Å². The molecule has 1 fully saturated rings. The predicted molar refractivity (Wildman–Crippen MR) is 116 cm³/mol. The number of fused-ring (bicyclic) bond motifs is 2. The van der Waals surface area contributed by atoms with Crippen LogP contribution in [-0.2, 0) is 19.6 Å². The molecular weight excluding hydrogens is 412 g/mol. The maximum absolute atomic E-state index is 13.8. The van der Waals surface area contributed by atoms with E-state index in [2.05, 4.69) is 27.8 Å². The number of nitrogens with zero attached hydrogens (tertiary/aromatic N) is 1. The Bertz CT molecular complexity index is 1070. The number of aromatic nitrogens is 1. The van der Waals surface area contributed by atoms with Crippen molar-refractivity contribution in [1.29, 1.82) is 0 Å². The smallest absolute Gasteiger partial charge is 0.252 e. The second kappa shape index (κ2) is 8.66. The van der Waals surface area contributed by atoms with Crippen LogP contribution in [0.5, 0.6) is 0 Å². The Morgan fingerprint density at radius 1 is 1.07 bits per heavy atom. The lowest BCUT2D eigenvalue weighted by molar-refractivity contribution is 0.0952. The molecule has 0 unspecified atom stereocenters. The van der Waals surface area contributed by atoms with Crippen molar-refractivity contribution >= 4 is 41.6 Å². The van der Waals surface area contributed by atoms with Crippen LogP contribution in [-0.4, -0.2) is 10.9 Å². The highest BCUT2D eigenvalue weighted by Crippen LogP contribution is 2.40. The number of benzene rings is 2. The van der Waals surface area contributed by atoms with Gasteiger partial charge >= 0.3 is 0 Å². The lowest BCUT2D eigenvalue weighted by Gasteiger charge is -2.11. The Hall–Kier alpha value is -2.21. The summed E-state index contributed by atoms with van der Waals surface area (Å²) in [5.74, 6) is -0.118. The Morgan fingerprint density at radius 2 is 1.86 bits per heavy atom. The van der Waals surface area contributed by atoms with Crippen molar-refractivity contribution in [3.63, 3.8) is 0 Å². The topological polar surface area (TPSA) is 54.0 Å². The fourth-order valence-electron chi connectivity index (χ4n) is 3.73. The summed E-state index contributed by atoms with van der Waals surface area (Å²) in [4.78, 5) is 17.5. The highest BCUT2D eigenvalue weighted by Gasteiger charge is 2.27. The first-order chi connectivity index (χ1) is 13.2. The first-order valence-corrected chi connectivity index (χ1v) is 9.37. The van der Waals surface area contributed by atoms with Crippen molar-refractivity contribution in [2.75, 3.05) is 0 Å². The van der Waals surface area contributed by atoms with E-state index in [9.17, 15) is 9.18 Å². The van der Waals surface area contributed by atoms with Gasteiger partial charge in [0.15, 0.2) is 0 Å². The van der Waals surface area contributed by atoms with Crippen molar-refractivity contribution in [2.24, 2.45) is 0 Å². The minimum Gasteiger partial charge on any atom is -0.348 e. The van der Waals surface area contributed by atoms with Gasteiger partial charge in [-0.15, -0.1) is 24.8 Å². The summed E-state index contributed by atoms with van der Waals surface area (Å²) in [6.45, 7) is 2.22. The van der Waals surface area contributed by atoms with Crippen LogP contribution in [0.3, 0.4) is 0 Å². The highest BCUT2D eigenvalue weighted by atomic mass is 35.5. The van der Waals surface area contributed by atoms with Crippen LogP contribution in [0, 0.1) is 5.82 Å². The van der Waals surface area contributed by atoms with Crippen LogP contribution in [0.2, 0.25) is 0 Å². The molecule has 2 aliphatic rings. The highest BCUT2D eigenvalue weighted by molar-refractivity contribution is 6.06. The van der Waals surface area contributed by atoms with E-state index in [-0.39, 0.29) is 36.5 Å². The van der Waals surface area contributed by atoms with Crippen molar-refractivity contribution in [1.82, 2.24) is 15.6 Å². The van der Waals surface area contributed by atoms with Crippen LogP contribution in [0.1, 0.15) is 51.5 Å². The third kappa shape index (κ3) is 4.37. The molecule has 7 heteroatoms. The minimum atomic E-state index is -0.358. The molecule has 29 heavy (non-hydrogen) atoms. The van der Waals surface area contributed by atoms with Gasteiger partial charge in [0.05, 0.1) is 11.1 Å². The number of carbonyl (C=O) groups excluding carboxylic acids is 1. The van der Waals surface area contributed by atoms with E-state index in [1.165, 1.54) is 23.3 Å².